The Morgan fingerprint density at radius 3 is 2.35 bits per heavy atom. The molecule has 2 amide bonds. The van der Waals surface area contributed by atoms with Crippen molar-refractivity contribution in [2.24, 2.45) is 5.92 Å². The third-order valence-electron chi connectivity index (χ3n) is 4.29. The molecule has 0 aromatic carbocycles. The van der Waals surface area contributed by atoms with Crippen LogP contribution < -0.4 is 5.11 Å². The zero-order valence-electron chi connectivity index (χ0n) is 10.3. The van der Waals surface area contributed by atoms with E-state index in [1.807, 2.05) is 20.8 Å². The van der Waals surface area contributed by atoms with Crippen molar-refractivity contribution in [3.63, 3.8) is 0 Å². The van der Waals surface area contributed by atoms with Gasteiger partial charge in [-0.2, -0.15) is 0 Å². The highest BCUT2D eigenvalue weighted by Crippen LogP contribution is 2.45. The highest BCUT2D eigenvalue weighted by atomic mass is 16.4. The van der Waals surface area contributed by atoms with E-state index < -0.39 is 17.7 Å². The van der Waals surface area contributed by atoms with Crippen molar-refractivity contribution in [3.05, 3.63) is 0 Å². The zero-order valence-corrected chi connectivity index (χ0v) is 10.3. The van der Waals surface area contributed by atoms with Crippen LogP contribution in [0.2, 0.25) is 0 Å². The molecular formula is C11H18N2O4. The third-order valence-corrected chi connectivity index (χ3v) is 4.29. The predicted molar refractivity (Wildman–Crippen MR) is 57.2 cm³/mol. The van der Waals surface area contributed by atoms with Crippen LogP contribution in [0.5, 0.6) is 0 Å². The standard InChI is InChI=1S/C11H18N2O4/c1-11(2,3)13(10(16)17)6-7-4-12(9(14)15)5-8(7)13/h7-8H,4-6H2,1-3H3,(H-,14,15,16,17)/t7-,8-,13?/m1/s1. The summed E-state index contributed by atoms with van der Waals surface area (Å²) in [6.07, 6.45) is -2.06. The maximum atomic E-state index is 11.5. The van der Waals surface area contributed by atoms with Crippen LogP contribution in [-0.4, -0.2) is 57.9 Å². The molecule has 0 aliphatic carbocycles. The molecule has 2 aliphatic rings. The van der Waals surface area contributed by atoms with Gasteiger partial charge in [-0.3, -0.25) is 4.48 Å². The van der Waals surface area contributed by atoms with E-state index in [9.17, 15) is 14.7 Å². The Morgan fingerprint density at radius 1 is 1.35 bits per heavy atom. The van der Waals surface area contributed by atoms with Crippen molar-refractivity contribution >= 4 is 12.2 Å². The van der Waals surface area contributed by atoms with E-state index in [0.717, 1.165) is 0 Å². The van der Waals surface area contributed by atoms with Crippen molar-refractivity contribution in [2.45, 2.75) is 32.4 Å². The average Bonchev–Trinajstić information content (AvgIpc) is 2.42. The molecule has 17 heavy (non-hydrogen) atoms. The second-order valence-electron chi connectivity index (χ2n) is 6.00. The van der Waals surface area contributed by atoms with Gasteiger partial charge in [0.1, 0.15) is 6.04 Å². The molecule has 2 aliphatic heterocycles. The fraction of sp³-hybridized carbons (Fsp3) is 0.818. The fourth-order valence-electron chi connectivity index (χ4n) is 3.31. The first-order chi connectivity index (χ1) is 7.70. The van der Waals surface area contributed by atoms with Crippen LogP contribution in [-0.2, 0) is 0 Å². The molecule has 0 spiro atoms. The number of hydrogen-bond acceptors (Lipinski definition) is 3. The van der Waals surface area contributed by atoms with Gasteiger partial charge in [-0.05, 0) is 20.8 Å². The number of rotatable bonds is 0. The lowest BCUT2D eigenvalue weighted by atomic mass is 9.81. The van der Waals surface area contributed by atoms with E-state index in [1.54, 1.807) is 0 Å². The maximum Gasteiger partial charge on any atom is 0.407 e. The minimum Gasteiger partial charge on any atom is -0.498 e. The van der Waals surface area contributed by atoms with Crippen molar-refractivity contribution in [2.75, 3.05) is 19.6 Å². The first-order valence-electron chi connectivity index (χ1n) is 5.77. The normalized spacial score (nSPS) is 36.3. The number of amides is 2. The summed E-state index contributed by atoms with van der Waals surface area (Å²) in [7, 11) is 0. The van der Waals surface area contributed by atoms with Gasteiger partial charge in [-0.15, -0.1) is 0 Å². The number of carboxylic acid groups (broad SMARTS) is 2. The van der Waals surface area contributed by atoms with Crippen LogP contribution in [0.4, 0.5) is 9.59 Å². The zero-order chi connectivity index (χ0) is 13.0. The second kappa shape index (κ2) is 3.35. The highest BCUT2D eigenvalue weighted by molar-refractivity contribution is 5.66. The summed E-state index contributed by atoms with van der Waals surface area (Å²) in [5.74, 6) is 0.156. The molecule has 2 rings (SSSR count). The van der Waals surface area contributed by atoms with E-state index in [2.05, 4.69) is 0 Å². The fourth-order valence-corrected chi connectivity index (χ4v) is 3.31. The van der Waals surface area contributed by atoms with Crippen LogP contribution in [0.3, 0.4) is 0 Å². The van der Waals surface area contributed by atoms with E-state index in [-0.39, 0.29) is 16.4 Å². The highest BCUT2D eigenvalue weighted by Gasteiger charge is 2.65. The molecule has 0 aromatic heterocycles. The van der Waals surface area contributed by atoms with E-state index in [0.29, 0.717) is 19.6 Å². The van der Waals surface area contributed by atoms with Gasteiger partial charge in [0.05, 0.1) is 24.5 Å². The second-order valence-corrected chi connectivity index (χ2v) is 6.00. The lowest BCUT2D eigenvalue weighted by Gasteiger charge is -2.60. The third kappa shape index (κ3) is 1.43. The number of quaternary nitrogens is 1. The largest absolute Gasteiger partial charge is 0.498 e. The molecule has 2 saturated heterocycles. The molecule has 3 atom stereocenters. The molecule has 0 bridgehead atoms. The molecule has 2 fully saturated rings. The summed E-state index contributed by atoms with van der Waals surface area (Å²) in [6, 6.07) is -0.156. The minimum absolute atomic E-state index is 0.124. The van der Waals surface area contributed by atoms with Crippen LogP contribution in [0.15, 0.2) is 0 Å². The summed E-state index contributed by atoms with van der Waals surface area (Å²) in [6.45, 7) is 6.81. The molecule has 6 nitrogen and oxygen atoms in total. The van der Waals surface area contributed by atoms with Crippen LogP contribution in [0, 0.1) is 5.92 Å². The van der Waals surface area contributed by atoms with Crippen LogP contribution in [0.1, 0.15) is 20.8 Å². The van der Waals surface area contributed by atoms with Gasteiger partial charge in [0.15, 0.2) is 0 Å². The summed E-state index contributed by atoms with van der Waals surface area (Å²) in [5.41, 5.74) is -0.464. The Kier molecular flexibility index (Phi) is 2.40. The Morgan fingerprint density at radius 2 is 1.94 bits per heavy atom. The Labute approximate surface area is 100 Å². The van der Waals surface area contributed by atoms with Gasteiger partial charge < -0.3 is 19.9 Å². The molecule has 1 N–H and O–H groups in total. The Bertz CT molecular complexity index is 376. The summed E-state index contributed by atoms with van der Waals surface area (Å²) >= 11 is 0. The molecule has 0 saturated carbocycles. The van der Waals surface area contributed by atoms with Crippen LogP contribution in [0.25, 0.3) is 0 Å². The summed E-state index contributed by atoms with van der Waals surface area (Å²) in [5, 5.41) is 20.4. The van der Waals surface area contributed by atoms with E-state index in [1.165, 1.54) is 4.90 Å². The quantitative estimate of drug-likeness (QED) is 0.603. The number of fused-ring (bicyclic) bond motifs is 1. The van der Waals surface area contributed by atoms with Gasteiger partial charge in [0.25, 0.3) is 6.09 Å². The molecule has 0 aromatic rings. The van der Waals surface area contributed by atoms with Crippen molar-refractivity contribution in [3.8, 4) is 0 Å². The molecule has 2 heterocycles. The van der Waals surface area contributed by atoms with Crippen molar-refractivity contribution in [1.82, 2.24) is 4.90 Å². The SMILES string of the molecule is CC(C)(C)[N+]1(C(=O)[O-])C[C@H]2CN(C(=O)O)C[C@H]21. The minimum atomic E-state index is -1.09. The molecule has 6 heteroatoms. The first kappa shape index (κ1) is 12.2. The smallest absolute Gasteiger partial charge is 0.407 e. The average molecular weight is 242 g/mol. The monoisotopic (exact) mass is 242 g/mol. The predicted octanol–water partition coefficient (Wildman–Crippen LogP) is -0.0630. The van der Waals surface area contributed by atoms with Gasteiger partial charge in [-0.1, -0.05) is 0 Å². The summed E-state index contributed by atoms with van der Waals surface area (Å²) in [4.78, 5) is 23.7. The van der Waals surface area contributed by atoms with Gasteiger partial charge >= 0.3 is 6.09 Å². The molecule has 1 unspecified atom stereocenters. The number of carbonyl (C=O) groups is 2. The first-order valence-corrected chi connectivity index (χ1v) is 5.77. The lowest BCUT2D eigenvalue weighted by Crippen LogP contribution is -2.81. The van der Waals surface area contributed by atoms with E-state index >= 15 is 0 Å². The maximum absolute atomic E-state index is 11.5. The Hall–Kier alpha value is -1.30. The molecule has 96 valence electrons. The lowest BCUT2D eigenvalue weighted by molar-refractivity contribution is -0.983. The number of hydrogen-bond donors (Lipinski definition) is 1. The number of nitrogens with zero attached hydrogens (tertiary/aromatic N) is 2. The van der Waals surface area contributed by atoms with Gasteiger partial charge in [-0.25, -0.2) is 4.79 Å². The Balaban J connectivity index is 2.26. The topological polar surface area (TPSA) is 80.7 Å². The molecule has 0 radical (unpaired) electrons. The molecular weight excluding hydrogens is 224 g/mol. The van der Waals surface area contributed by atoms with Crippen LogP contribution >= 0.6 is 0 Å². The van der Waals surface area contributed by atoms with Gasteiger partial charge in [0, 0.05) is 6.54 Å². The summed E-state index contributed by atoms with van der Waals surface area (Å²) < 4.78 is -0.124. The van der Waals surface area contributed by atoms with E-state index in [4.69, 9.17) is 5.11 Å². The number of carbonyl (C=O) groups excluding carboxylic acids is 1. The van der Waals surface area contributed by atoms with Crippen molar-refractivity contribution in [1.29, 1.82) is 0 Å². The van der Waals surface area contributed by atoms with Crippen molar-refractivity contribution < 1.29 is 24.3 Å². The number of likely N-dealkylation sites (tertiary alicyclic amines) is 2. The van der Waals surface area contributed by atoms with Gasteiger partial charge in [0.2, 0.25) is 0 Å².